The predicted molar refractivity (Wildman–Crippen MR) is 105 cm³/mol. The second-order valence-corrected chi connectivity index (χ2v) is 7.41. The molecular formula is C20H30FN5. The van der Waals surface area contributed by atoms with Crippen LogP contribution in [0.2, 0.25) is 0 Å². The lowest BCUT2D eigenvalue weighted by atomic mass is 9.89. The van der Waals surface area contributed by atoms with Crippen LogP contribution in [0.15, 0.2) is 34.3 Å². The van der Waals surface area contributed by atoms with Crippen LogP contribution in [0.4, 0.5) is 10.1 Å². The Balaban J connectivity index is 1.79. The largest absolute Gasteiger partial charge is 0.369 e. The minimum Gasteiger partial charge on any atom is -0.369 e. The molecule has 3 rings (SSSR count). The lowest BCUT2D eigenvalue weighted by Crippen LogP contribution is -2.52. The third-order valence-corrected chi connectivity index (χ3v) is 5.50. The minimum atomic E-state index is -0.300. The van der Waals surface area contributed by atoms with Gasteiger partial charge in [0, 0.05) is 12.1 Å². The van der Waals surface area contributed by atoms with E-state index in [1.54, 1.807) is 12.1 Å². The minimum absolute atomic E-state index is 0.116. The second kappa shape index (κ2) is 9.01. The highest BCUT2D eigenvalue weighted by molar-refractivity contribution is 5.94. The van der Waals surface area contributed by atoms with Gasteiger partial charge in [-0.3, -0.25) is 0 Å². The summed E-state index contributed by atoms with van der Waals surface area (Å²) in [6.45, 7) is 0. The van der Waals surface area contributed by atoms with Crippen LogP contribution < -0.4 is 11.5 Å². The first-order valence-corrected chi connectivity index (χ1v) is 9.86. The summed E-state index contributed by atoms with van der Waals surface area (Å²) in [7, 11) is 0. The van der Waals surface area contributed by atoms with E-state index in [1.165, 1.54) is 76.3 Å². The Bertz CT molecular complexity index is 610. The number of hydrogen-bond acceptors (Lipinski definition) is 1. The van der Waals surface area contributed by atoms with E-state index in [0.717, 1.165) is 0 Å². The van der Waals surface area contributed by atoms with E-state index in [4.69, 9.17) is 11.5 Å². The molecule has 0 radical (unpaired) electrons. The topological polar surface area (TPSA) is 80.0 Å². The van der Waals surface area contributed by atoms with E-state index < -0.39 is 0 Å². The van der Waals surface area contributed by atoms with Crippen molar-refractivity contribution in [1.82, 2.24) is 4.90 Å². The van der Waals surface area contributed by atoms with Crippen LogP contribution in [0.25, 0.3) is 0 Å². The third kappa shape index (κ3) is 4.96. The van der Waals surface area contributed by atoms with Crippen molar-refractivity contribution in [1.29, 1.82) is 0 Å². The summed E-state index contributed by atoms with van der Waals surface area (Å²) in [5.74, 6) is 0.296. The van der Waals surface area contributed by atoms with Gasteiger partial charge in [-0.15, -0.1) is 0 Å². The average molecular weight is 359 g/mol. The van der Waals surface area contributed by atoms with Crippen LogP contribution in [0.5, 0.6) is 0 Å². The Hall–Kier alpha value is -2.11. The Morgan fingerprint density at radius 1 is 0.846 bits per heavy atom. The van der Waals surface area contributed by atoms with Crippen LogP contribution in [0.3, 0.4) is 0 Å². The van der Waals surface area contributed by atoms with Gasteiger partial charge in [0.05, 0.1) is 5.69 Å². The molecule has 142 valence electrons. The van der Waals surface area contributed by atoms with Gasteiger partial charge in [-0.05, 0) is 49.9 Å². The summed E-state index contributed by atoms with van der Waals surface area (Å²) in [5.41, 5.74) is 13.0. The summed E-state index contributed by atoms with van der Waals surface area (Å²) >= 11 is 0. The summed E-state index contributed by atoms with van der Waals surface area (Å²) < 4.78 is 13.0. The molecule has 0 bridgehead atoms. The van der Waals surface area contributed by atoms with Crippen LogP contribution in [-0.2, 0) is 0 Å². The summed E-state index contributed by atoms with van der Waals surface area (Å²) in [4.78, 5) is 11.0. The van der Waals surface area contributed by atoms with Gasteiger partial charge in [0.25, 0.3) is 0 Å². The quantitative estimate of drug-likeness (QED) is 0.631. The molecule has 26 heavy (non-hydrogen) atoms. The Labute approximate surface area is 155 Å². The fourth-order valence-corrected chi connectivity index (χ4v) is 4.24. The summed E-state index contributed by atoms with van der Waals surface area (Å²) in [5, 5.41) is 0. The second-order valence-electron chi connectivity index (χ2n) is 7.41. The number of benzene rings is 1. The van der Waals surface area contributed by atoms with Gasteiger partial charge >= 0.3 is 0 Å². The number of nitrogens with zero attached hydrogens (tertiary/aromatic N) is 3. The van der Waals surface area contributed by atoms with Crippen molar-refractivity contribution in [2.45, 2.75) is 76.3 Å². The molecule has 0 saturated heterocycles. The fourth-order valence-electron chi connectivity index (χ4n) is 4.24. The molecule has 4 N–H and O–H groups in total. The molecule has 5 nitrogen and oxygen atoms in total. The van der Waals surface area contributed by atoms with Gasteiger partial charge in [0.1, 0.15) is 5.82 Å². The molecule has 0 spiro atoms. The Morgan fingerprint density at radius 3 is 1.85 bits per heavy atom. The highest BCUT2D eigenvalue weighted by atomic mass is 19.1. The molecule has 0 aliphatic heterocycles. The first-order valence-electron chi connectivity index (χ1n) is 9.86. The molecular weight excluding hydrogens is 329 g/mol. The van der Waals surface area contributed by atoms with E-state index in [2.05, 4.69) is 14.9 Å². The highest BCUT2D eigenvalue weighted by Crippen LogP contribution is 2.30. The maximum Gasteiger partial charge on any atom is 0.223 e. The molecule has 0 unspecified atom stereocenters. The molecule has 1 aromatic carbocycles. The van der Waals surface area contributed by atoms with E-state index >= 15 is 0 Å². The third-order valence-electron chi connectivity index (χ3n) is 5.50. The molecule has 2 fully saturated rings. The van der Waals surface area contributed by atoms with Crippen LogP contribution in [-0.4, -0.2) is 28.9 Å². The average Bonchev–Trinajstić information content (AvgIpc) is 2.65. The number of hydrogen-bond donors (Lipinski definition) is 2. The Kier molecular flexibility index (Phi) is 6.47. The zero-order valence-corrected chi connectivity index (χ0v) is 15.4. The summed E-state index contributed by atoms with van der Waals surface area (Å²) in [6.07, 6.45) is 12.3. The fraction of sp³-hybridized carbons (Fsp3) is 0.600. The molecule has 6 heteroatoms. The van der Waals surface area contributed by atoms with Gasteiger partial charge in [0.15, 0.2) is 5.96 Å². The maximum absolute atomic E-state index is 13.0. The number of nitrogens with two attached hydrogens (primary N) is 2. The van der Waals surface area contributed by atoms with Crippen molar-refractivity contribution >= 4 is 17.6 Å². The van der Waals surface area contributed by atoms with E-state index in [0.29, 0.717) is 23.7 Å². The van der Waals surface area contributed by atoms with Crippen LogP contribution in [0, 0.1) is 5.82 Å². The van der Waals surface area contributed by atoms with Gasteiger partial charge in [0.2, 0.25) is 5.96 Å². The smallest absolute Gasteiger partial charge is 0.223 e. The van der Waals surface area contributed by atoms with E-state index in [1.807, 2.05) is 0 Å². The van der Waals surface area contributed by atoms with E-state index in [-0.39, 0.29) is 11.8 Å². The molecule has 0 heterocycles. The highest BCUT2D eigenvalue weighted by Gasteiger charge is 2.30. The monoisotopic (exact) mass is 359 g/mol. The zero-order chi connectivity index (χ0) is 18.4. The van der Waals surface area contributed by atoms with Crippen molar-refractivity contribution in [2.24, 2.45) is 21.5 Å². The zero-order valence-electron chi connectivity index (χ0n) is 15.4. The van der Waals surface area contributed by atoms with Gasteiger partial charge in [-0.25, -0.2) is 9.38 Å². The van der Waals surface area contributed by atoms with Gasteiger partial charge in [-0.1, -0.05) is 38.5 Å². The lowest BCUT2D eigenvalue weighted by Gasteiger charge is -2.42. The van der Waals surface area contributed by atoms with Crippen LogP contribution in [0.1, 0.15) is 64.2 Å². The van der Waals surface area contributed by atoms with Crippen LogP contribution >= 0.6 is 0 Å². The molecule has 2 saturated carbocycles. The summed E-state index contributed by atoms with van der Waals surface area (Å²) in [6, 6.07) is 6.77. The molecule has 2 aliphatic carbocycles. The first kappa shape index (κ1) is 18.7. The first-order chi connectivity index (χ1) is 12.6. The number of guanidine groups is 2. The van der Waals surface area contributed by atoms with Crippen molar-refractivity contribution in [2.75, 3.05) is 0 Å². The molecule has 0 atom stereocenters. The van der Waals surface area contributed by atoms with Gasteiger partial charge in [-0.2, -0.15) is 4.99 Å². The molecule has 2 aliphatic rings. The van der Waals surface area contributed by atoms with Crippen molar-refractivity contribution in [3.05, 3.63) is 30.1 Å². The SMILES string of the molecule is NC(=Nc1ccc(F)cc1)/N=C(/N)N(C1CCCCC1)C1CCCCC1. The normalized spacial score (nSPS) is 21.0. The molecule has 0 aromatic heterocycles. The maximum atomic E-state index is 13.0. The predicted octanol–water partition coefficient (Wildman–Crippen LogP) is 4.05. The lowest BCUT2D eigenvalue weighted by molar-refractivity contribution is 0.156. The van der Waals surface area contributed by atoms with Crippen molar-refractivity contribution in [3.63, 3.8) is 0 Å². The number of halogens is 1. The van der Waals surface area contributed by atoms with Gasteiger partial charge < -0.3 is 16.4 Å². The Morgan fingerprint density at radius 2 is 1.35 bits per heavy atom. The molecule has 0 amide bonds. The van der Waals surface area contributed by atoms with Crippen molar-refractivity contribution in [3.8, 4) is 0 Å². The molecule has 1 aromatic rings. The van der Waals surface area contributed by atoms with Crippen molar-refractivity contribution < 1.29 is 4.39 Å². The number of aliphatic imine (C=N–C) groups is 2. The standard InChI is InChI=1S/C20H30FN5/c21-15-11-13-16(14-12-15)24-19(22)25-20(23)26(17-7-3-1-4-8-17)18-9-5-2-6-10-18/h11-14,17-18H,1-10H2,(H4,22,23,24,25). The number of rotatable bonds is 3. The van der Waals surface area contributed by atoms with E-state index in [9.17, 15) is 4.39 Å².